The van der Waals surface area contributed by atoms with Crippen molar-refractivity contribution >= 4 is 28.1 Å². The summed E-state index contributed by atoms with van der Waals surface area (Å²) in [6, 6.07) is 14.6. The fourth-order valence-corrected chi connectivity index (χ4v) is 8.44. The first-order valence-electron chi connectivity index (χ1n) is 15.4. The van der Waals surface area contributed by atoms with E-state index in [1.54, 1.807) is 12.1 Å². The van der Waals surface area contributed by atoms with E-state index in [0.29, 0.717) is 24.7 Å². The van der Waals surface area contributed by atoms with Gasteiger partial charge < -0.3 is 30.4 Å². The second-order valence-electron chi connectivity index (χ2n) is 12.7. The van der Waals surface area contributed by atoms with E-state index >= 15 is 0 Å². The molecule has 5 rings (SSSR count). The van der Waals surface area contributed by atoms with E-state index in [4.69, 9.17) is 19.9 Å². The Morgan fingerprint density at radius 1 is 1.07 bits per heavy atom. The minimum Gasteiger partial charge on any atom is -0.445 e. The number of sulfonamides is 1. The van der Waals surface area contributed by atoms with Gasteiger partial charge in [-0.3, -0.25) is 4.79 Å². The summed E-state index contributed by atoms with van der Waals surface area (Å²) in [6.07, 6.45) is 0.402. The van der Waals surface area contributed by atoms with E-state index in [0.717, 1.165) is 5.56 Å². The first-order valence-corrected chi connectivity index (χ1v) is 16.9. The van der Waals surface area contributed by atoms with Gasteiger partial charge in [0, 0.05) is 36.9 Å². The van der Waals surface area contributed by atoms with Crippen LogP contribution < -0.4 is 11.1 Å². The van der Waals surface area contributed by atoms with Crippen molar-refractivity contribution in [3.8, 4) is 0 Å². The van der Waals surface area contributed by atoms with E-state index in [2.05, 4.69) is 12.2 Å². The Hall–Kier alpha value is -3.29. The molecule has 2 aromatic carbocycles. The molecular weight excluding hydrogens is 598 g/mol. The highest BCUT2D eigenvalue weighted by atomic mass is 32.2. The molecule has 0 radical (unpaired) electrons. The maximum atomic E-state index is 13.8. The van der Waals surface area contributed by atoms with Gasteiger partial charge in [-0.15, -0.1) is 0 Å². The summed E-state index contributed by atoms with van der Waals surface area (Å²) >= 11 is 0. The summed E-state index contributed by atoms with van der Waals surface area (Å²) in [4.78, 5) is 24.5. The molecule has 5 unspecified atom stereocenters. The molecule has 8 atom stereocenters. The number of nitrogens with one attached hydrogen (secondary N) is 1. The van der Waals surface area contributed by atoms with Gasteiger partial charge in [-0.25, -0.2) is 13.2 Å². The van der Waals surface area contributed by atoms with Crippen molar-refractivity contribution in [1.82, 2.24) is 9.62 Å². The number of fused-ring (bicyclic) bond motifs is 1. The number of alkyl carbamates (subject to hydrolysis) is 1. The standard InChI is InChI=1S/C33H43N3O8S/c1-20(2)16-36(45(40,41)24-12-9-22(10-13-24)11-14-29(34)38)17-28(37)27(15-23-7-5-4-6-8-23)35-33(39)44-31-25-18-42-32-30(21(25)3)26(31)19-43-32/h4-14,20-21,25-28,30-32,37H,15-19H2,1-3H3,(H2,34,38)(H,35,39)/b14-11+/t21-,25?,26?,27-,28+,30?,31?,32?/m0/s1. The average molecular weight is 642 g/mol. The number of benzene rings is 2. The summed E-state index contributed by atoms with van der Waals surface area (Å²) < 4.78 is 46.5. The zero-order valence-corrected chi connectivity index (χ0v) is 26.6. The van der Waals surface area contributed by atoms with Gasteiger partial charge in [0.05, 0.1) is 30.3 Å². The van der Waals surface area contributed by atoms with Crippen LogP contribution in [-0.4, -0.2) is 80.7 Å². The van der Waals surface area contributed by atoms with E-state index in [1.165, 1.54) is 28.6 Å². The van der Waals surface area contributed by atoms with Gasteiger partial charge >= 0.3 is 6.09 Å². The van der Waals surface area contributed by atoms with Gasteiger partial charge in [-0.05, 0) is 47.6 Å². The molecule has 1 aliphatic carbocycles. The molecule has 1 saturated carbocycles. The topological polar surface area (TPSA) is 157 Å². The van der Waals surface area contributed by atoms with Crippen molar-refractivity contribution in [1.29, 1.82) is 0 Å². The molecule has 2 amide bonds. The molecule has 11 nitrogen and oxygen atoms in total. The van der Waals surface area contributed by atoms with Crippen LogP contribution in [0.1, 0.15) is 31.9 Å². The van der Waals surface area contributed by atoms with Gasteiger partial charge in [0.25, 0.3) is 0 Å². The third kappa shape index (κ3) is 7.58. The van der Waals surface area contributed by atoms with Crippen LogP contribution in [-0.2, 0) is 35.4 Å². The zero-order chi connectivity index (χ0) is 32.3. The SMILES string of the molecule is CC(C)CN(C[C@@H](O)[C@H](Cc1ccccc1)NC(=O)OC1C2COC3OCC1[C@H](C)C32)S(=O)(=O)c1ccc(/C=C/C(N)=O)cc1. The van der Waals surface area contributed by atoms with Crippen LogP contribution in [0.25, 0.3) is 6.08 Å². The van der Waals surface area contributed by atoms with Crippen molar-refractivity contribution in [3.63, 3.8) is 0 Å². The van der Waals surface area contributed by atoms with Crippen molar-refractivity contribution in [3.05, 3.63) is 71.8 Å². The number of aliphatic hydroxyl groups excluding tert-OH is 1. The Kier molecular flexibility index (Phi) is 10.3. The number of hydrogen-bond donors (Lipinski definition) is 3. The summed E-state index contributed by atoms with van der Waals surface area (Å²) in [5.41, 5.74) is 6.64. The molecule has 3 aliphatic rings. The van der Waals surface area contributed by atoms with Gasteiger partial charge in [0.15, 0.2) is 6.29 Å². The number of carbonyl (C=O) groups excluding carboxylic acids is 2. The molecule has 12 heteroatoms. The number of rotatable bonds is 13. The predicted octanol–water partition coefficient (Wildman–Crippen LogP) is 2.78. The number of hydrogen-bond acceptors (Lipinski definition) is 8. The lowest BCUT2D eigenvalue weighted by Crippen LogP contribution is -2.52. The molecule has 0 spiro atoms. The van der Waals surface area contributed by atoms with Crippen molar-refractivity contribution in [2.75, 3.05) is 26.3 Å². The van der Waals surface area contributed by atoms with E-state index < -0.39 is 34.2 Å². The Bertz CT molecular complexity index is 1470. The molecule has 2 saturated heterocycles. The summed E-state index contributed by atoms with van der Waals surface area (Å²) in [7, 11) is -4.03. The smallest absolute Gasteiger partial charge is 0.407 e. The number of carbonyl (C=O) groups is 2. The molecule has 2 aliphatic heterocycles. The van der Waals surface area contributed by atoms with Gasteiger partial charge in [-0.2, -0.15) is 4.31 Å². The molecule has 45 heavy (non-hydrogen) atoms. The average Bonchev–Trinajstić information content (AvgIpc) is 3.49. The highest BCUT2D eigenvalue weighted by molar-refractivity contribution is 7.89. The van der Waals surface area contributed by atoms with Crippen molar-refractivity contribution < 1.29 is 37.3 Å². The number of nitrogens with two attached hydrogens (primary N) is 1. The third-order valence-corrected chi connectivity index (χ3v) is 10.9. The highest BCUT2D eigenvalue weighted by Crippen LogP contribution is 2.52. The van der Waals surface area contributed by atoms with Crippen LogP contribution in [0.2, 0.25) is 0 Å². The number of nitrogens with zero attached hydrogens (tertiary/aromatic N) is 1. The minimum absolute atomic E-state index is 0.0410. The molecule has 0 aromatic heterocycles. The number of aliphatic hydroxyl groups is 1. The molecule has 2 aromatic rings. The Balaban J connectivity index is 1.33. The quantitative estimate of drug-likeness (QED) is 0.282. The Labute approximate surface area is 264 Å². The van der Waals surface area contributed by atoms with E-state index in [-0.39, 0.29) is 60.5 Å². The predicted molar refractivity (Wildman–Crippen MR) is 167 cm³/mol. The van der Waals surface area contributed by atoms with E-state index in [9.17, 15) is 23.1 Å². The lowest BCUT2D eigenvalue weighted by molar-refractivity contribution is -0.183. The molecule has 2 heterocycles. The minimum atomic E-state index is -4.03. The summed E-state index contributed by atoms with van der Waals surface area (Å²) in [6.45, 7) is 6.75. The van der Waals surface area contributed by atoms with E-state index in [1.807, 2.05) is 44.2 Å². The number of ether oxygens (including phenoxy) is 3. The molecule has 244 valence electrons. The van der Waals surface area contributed by atoms with Crippen LogP contribution in [0.4, 0.5) is 4.79 Å². The first kappa shape index (κ1) is 33.1. The number of primary amides is 1. The molecule has 4 N–H and O–H groups in total. The molecular formula is C33H43N3O8S. The fraction of sp³-hybridized carbons (Fsp3) is 0.515. The maximum absolute atomic E-state index is 13.8. The van der Waals surface area contributed by atoms with Crippen LogP contribution in [0, 0.1) is 29.6 Å². The van der Waals surface area contributed by atoms with Crippen molar-refractivity contribution in [2.24, 2.45) is 35.3 Å². The first-order chi connectivity index (χ1) is 21.4. The third-order valence-electron chi connectivity index (χ3n) is 9.07. The van der Waals surface area contributed by atoms with Gasteiger partial charge in [0.1, 0.15) is 6.10 Å². The lowest BCUT2D eigenvalue weighted by atomic mass is 9.88. The lowest BCUT2D eigenvalue weighted by Gasteiger charge is -2.33. The fourth-order valence-electron chi connectivity index (χ4n) is 6.82. The number of amides is 2. The van der Waals surface area contributed by atoms with Crippen LogP contribution >= 0.6 is 0 Å². The molecule has 3 fully saturated rings. The Morgan fingerprint density at radius 3 is 2.38 bits per heavy atom. The van der Waals surface area contributed by atoms with Gasteiger partial charge in [0.2, 0.25) is 15.9 Å². The second kappa shape index (κ2) is 14.0. The summed E-state index contributed by atoms with van der Waals surface area (Å²) in [5, 5.41) is 14.4. The second-order valence-corrected chi connectivity index (χ2v) is 14.6. The van der Waals surface area contributed by atoms with Gasteiger partial charge in [-0.1, -0.05) is 63.2 Å². The van der Waals surface area contributed by atoms with Crippen molar-refractivity contribution in [2.45, 2.75) is 56.6 Å². The zero-order valence-electron chi connectivity index (χ0n) is 25.8. The maximum Gasteiger partial charge on any atom is 0.407 e. The van der Waals surface area contributed by atoms with Crippen LogP contribution in [0.15, 0.2) is 65.6 Å². The highest BCUT2D eigenvalue weighted by Gasteiger charge is 2.60. The van der Waals surface area contributed by atoms with Crippen LogP contribution in [0.5, 0.6) is 0 Å². The monoisotopic (exact) mass is 641 g/mol. The normalized spacial score (nSPS) is 27.2. The summed E-state index contributed by atoms with van der Waals surface area (Å²) in [5.74, 6) is -0.0725. The van der Waals surface area contributed by atoms with Crippen LogP contribution in [0.3, 0.4) is 0 Å². The largest absolute Gasteiger partial charge is 0.445 e. The Morgan fingerprint density at radius 2 is 1.73 bits per heavy atom. The molecule has 2 bridgehead atoms.